The Morgan fingerprint density at radius 1 is 0.375 bits per heavy atom. The number of aromatic nitrogens is 3. The summed E-state index contributed by atoms with van der Waals surface area (Å²) < 4.78 is 154. The van der Waals surface area contributed by atoms with Crippen molar-refractivity contribution in [3.8, 4) is 68.3 Å². The molecule has 120 heavy (non-hydrogen) atoms. The highest BCUT2D eigenvalue weighted by Crippen LogP contribution is 2.65. The molecule has 10 aliphatic rings. The molecule has 0 spiro atoms. The van der Waals surface area contributed by atoms with Gasteiger partial charge in [0.15, 0.2) is 19.6 Å². The van der Waals surface area contributed by atoms with Gasteiger partial charge >= 0.3 is 0 Å². The summed E-state index contributed by atoms with van der Waals surface area (Å²) in [5.74, 6) is -1.11. The van der Waals surface area contributed by atoms with Crippen molar-refractivity contribution < 1.29 is 52.6 Å². The lowest BCUT2D eigenvalue weighted by Gasteiger charge is -2.38. The van der Waals surface area contributed by atoms with Gasteiger partial charge in [0.25, 0.3) is 20.2 Å². The first-order valence-corrected chi connectivity index (χ1v) is 56.7. The molecule has 5 fully saturated rings. The van der Waals surface area contributed by atoms with Crippen LogP contribution in [0.2, 0.25) is 0 Å². The van der Waals surface area contributed by atoms with E-state index in [9.17, 15) is 44.2 Å². The molecule has 11 aromatic heterocycles. The molecule has 11 aromatic rings. The number of aromatic amines is 1. The number of nitrogens with one attached hydrogen (secondary N) is 6. The first-order chi connectivity index (χ1) is 57.3. The molecule has 14 unspecified atom stereocenters. The second-order valence-corrected chi connectivity index (χ2v) is 53.5. The van der Waals surface area contributed by atoms with Gasteiger partial charge in [-0.25, -0.2) is 16.4 Å². The zero-order valence-corrected chi connectivity index (χ0v) is 77.3. The van der Waals surface area contributed by atoms with Crippen LogP contribution in [0.5, 0.6) is 0 Å². The lowest BCUT2D eigenvalue weighted by atomic mass is 9.92. The molecule has 32 heteroatoms. The second-order valence-electron chi connectivity index (χ2n) is 36.1. The topological polar surface area (TPSA) is 310 Å². The van der Waals surface area contributed by atoms with E-state index in [4.69, 9.17) is 0 Å². The van der Waals surface area contributed by atoms with E-state index in [1.54, 1.807) is 0 Å². The lowest BCUT2D eigenvalue weighted by molar-refractivity contribution is 0.360. The molecule has 0 amide bonds. The number of hydrogen-bond donors (Lipinski definition) is 12. The van der Waals surface area contributed by atoms with Gasteiger partial charge < -0.3 is 31.6 Å². The fraction of sp³-hybridized carbons (Fsp3) is 0.500. The average molecular weight is 1850 g/mol. The van der Waals surface area contributed by atoms with E-state index in [1.807, 2.05) is 122 Å². The number of nitrogens with zero attached hydrogens (tertiary/aromatic N) is 2. The smallest absolute Gasteiger partial charge is 0.264 e. The molecule has 12 N–H and O–H groups in total. The van der Waals surface area contributed by atoms with Crippen LogP contribution in [0.3, 0.4) is 0 Å². The lowest BCUT2D eigenvalue weighted by Crippen LogP contribution is -2.50. The van der Waals surface area contributed by atoms with Crippen molar-refractivity contribution in [2.45, 2.75) is 253 Å². The monoisotopic (exact) mass is 1850 g/mol. The van der Waals surface area contributed by atoms with Crippen molar-refractivity contribution in [2.24, 2.45) is 0 Å². The van der Waals surface area contributed by atoms with Gasteiger partial charge in [-0.15, -0.1) is 90.7 Å². The number of H-pyrrole nitrogens is 1. The van der Waals surface area contributed by atoms with Gasteiger partial charge in [0.2, 0.25) is 0 Å². The Bertz CT molecular complexity index is 6280. The number of unbranched alkanes of at least 4 members (excludes halogenated alkanes) is 2. The van der Waals surface area contributed by atoms with Gasteiger partial charge in [-0.1, -0.05) is 25.7 Å². The van der Waals surface area contributed by atoms with Crippen LogP contribution in [0, 0.1) is 20.8 Å². The van der Waals surface area contributed by atoms with Gasteiger partial charge in [-0.2, -0.15) is 16.8 Å². The van der Waals surface area contributed by atoms with Crippen LogP contribution in [0.15, 0.2) is 84.9 Å². The molecule has 4 aliphatic carbocycles. The molecule has 14 bridgehead atoms. The molecule has 0 radical (unpaired) electrons. The zero-order valence-electron chi connectivity index (χ0n) is 67.5. The molecule has 6 aliphatic heterocycles. The molecule has 0 aromatic carbocycles. The highest BCUT2D eigenvalue weighted by Gasteiger charge is 2.49. The average Bonchev–Trinajstić information content (AvgIpc) is 1.57. The van der Waals surface area contributed by atoms with Gasteiger partial charge in [0, 0.05) is 174 Å². The molecule has 5 saturated heterocycles. The highest BCUT2D eigenvalue weighted by molar-refractivity contribution is 8.09. The summed E-state index contributed by atoms with van der Waals surface area (Å²) in [6, 6.07) is 30.3. The minimum absolute atomic E-state index is 0.0118. The van der Waals surface area contributed by atoms with Crippen molar-refractivity contribution in [2.75, 3.05) is 23.0 Å². The molecule has 14 atom stereocenters. The summed E-state index contributed by atoms with van der Waals surface area (Å²) in [5, 5.41) is 19.5. The molecule has 640 valence electrons. The molecule has 21 rings (SSSR count). The predicted molar refractivity (Wildman–Crippen MR) is 494 cm³/mol. The third kappa shape index (κ3) is 14.9. The van der Waals surface area contributed by atoms with Crippen LogP contribution in [-0.2, 0) is 39.9 Å². The third-order valence-corrected chi connectivity index (χ3v) is 44.1. The highest BCUT2D eigenvalue weighted by atomic mass is 32.3. The quantitative estimate of drug-likeness (QED) is 0.0273. The van der Waals surface area contributed by atoms with E-state index in [0.29, 0.717) is 93.4 Å². The maximum atomic E-state index is 16.1. The van der Waals surface area contributed by atoms with Gasteiger partial charge in [-0.3, -0.25) is 27.3 Å². The zero-order chi connectivity index (χ0) is 82.6. The van der Waals surface area contributed by atoms with Gasteiger partial charge in [0.1, 0.15) is 0 Å². The number of fused-ring (bicyclic) bond motifs is 27. The molecular formula is C88H104N8O12S12. The SMILES string of the molecule is Cc1ccc(C2CCC(c3ccc4n3S(=O)(O)(O)CCCCC3c5cc(-c6cc7c(s6)-c6sc(C)cc6C7CCCCS(=O)(=O)O)sc5-c5sc(cc53)-c3cc5c(s3)-c3sc(cc3C5CCCCS(=O)(=O)O)-c3cc5c(s3)-c3sc(C)cc3C5CCCCS(=O)(O)(O)n3c(C5CCC(C)N5)ccc3C3CCC(N3)C3CCC(N3)C3CCC4N3)N2)[nH]1. The summed E-state index contributed by atoms with van der Waals surface area (Å²) in [6.45, 7) is 8.49. The normalized spacial score (nSPS) is 28.8. The van der Waals surface area contributed by atoms with Crippen molar-refractivity contribution in [1.82, 2.24) is 39.5 Å². The van der Waals surface area contributed by atoms with E-state index < -0.39 is 39.9 Å². The molecular weight excluding hydrogens is 1750 g/mol. The Labute approximate surface area is 733 Å². The van der Waals surface area contributed by atoms with Crippen LogP contribution in [-0.4, -0.2) is 119 Å². The van der Waals surface area contributed by atoms with E-state index >= 15 is 8.42 Å². The Morgan fingerprint density at radius 3 is 1.12 bits per heavy atom. The van der Waals surface area contributed by atoms with E-state index in [2.05, 4.69) is 113 Å². The largest absolute Gasteiger partial charge is 0.361 e. The van der Waals surface area contributed by atoms with Crippen molar-refractivity contribution in [3.63, 3.8) is 0 Å². The number of thiophene rings is 8. The maximum Gasteiger partial charge on any atom is 0.264 e. The standard InChI is InChI=1S/C88H104N8O12S12/c1-45-17-19-61(89-45)62-23-26-68(92-62)73-31-32-74-70-28-25-66(94-70)64-22-21-63(91-64)65-24-27-69(93-65)72-30-29-71(67-20-18-46(2)90-67)95(72)119(103,104,105)35-11-7-15-50-54-38-48(4)110-82(54)84-56(50)40-76(112-84)77-41-57-51(14-6-10-34-118(100,101)102)58-42-79(115-86(58)85(57)113-77)80-44-60-52(16-8-12-36-120(106,107,108)96(73)74)59-43-78(114-87(59)88(60)116-80)75-39-55-49(13-5-9-33-117(97,98)99)53-37-47(3)109-81(53)83(55)111-75/h17,19,29-32,37-44,46,49-52,62-70,89-94H,5-16,18,20-28,33-36H2,1-4H3,(H,97,98,99)(H,100,101,102)(H2,103,104,105)(H2,106,107,108). The Balaban J connectivity index is 0.643. The fourth-order valence-corrected chi connectivity index (χ4v) is 38.2. The Hall–Kier alpha value is -4.80. The van der Waals surface area contributed by atoms with Crippen LogP contribution in [0.1, 0.15) is 290 Å². The fourth-order valence-electron chi connectivity index (χ4n) is 22.5. The number of hydrogen-bond acceptors (Lipinski definition) is 19. The third-order valence-electron chi connectivity index (χ3n) is 27.9. The van der Waals surface area contributed by atoms with Crippen molar-refractivity contribution in [1.29, 1.82) is 0 Å². The second kappa shape index (κ2) is 30.5. The molecule has 20 nitrogen and oxygen atoms in total. The van der Waals surface area contributed by atoms with E-state index in [1.165, 1.54) is 121 Å². The summed E-state index contributed by atoms with van der Waals surface area (Å²) in [6.07, 6.45) is 14.7. The Morgan fingerprint density at radius 2 is 0.708 bits per heavy atom. The Kier molecular flexibility index (Phi) is 20.9. The van der Waals surface area contributed by atoms with Crippen LogP contribution >= 0.6 is 90.7 Å². The summed E-state index contributed by atoms with van der Waals surface area (Å²) in [7, 11) is -19.4. The van der Waals surface area contributed by atoms with E-state index in [-0.39, 0.29) is 114 Å². The van der Waals surface area contributed by atoms with Crippen molar-refractivity contribution in [3.05, 3.63) is 173 Å². The van der Waals surface area contributed by atoms with Crippen LogP contribution in [0.4, 0.5) is 0 Å². The summed E-state index contributed by atoms with van der Waals surface area (Å²) >= 11 is 14.6. The van der Waals surface area contributed by atoms with Crippen LogP contribution in [0.25, 0.3) is 68.3 Å². The van der Waals surface area contributed by atoms with Crippen molar-refractivity contribution >= 4 is 131 Å². The predicted octanol–water partition coefficient (Wildman–Crippen LogP) is 22.1. The summed E-state index contributed by atoms with van der Waals surface area (Å²) in [5.41, 5.74) is 14.7. The minimum atomic E-state index is -5.67. The summed E-state index contributed by atoms with van der Waals surface area (Å²) in [4.78, 5) is 23.0. The first kappa shape index (κ1) is 82.2. The maximum absolute atomic E-state index is 16.1. The van der Waals surface area contributed by atoms with Gasteiger partial charge in [0.05, 0.1) is 45.8 Å². The van der Waals surface area contributed by atoms with Crippen LogP contribution < -0.4 is 26.6 Å². The number of rotatable bonds is 14. The minimum Gasteiger partial charge on any atom is -0.361 e. The first-order valence-electron chi connectivity index (χ1n) is 43.0. The van der Waals surface area contributed by atoms with E-state index in [0.717, 1.165) is 85.4 Å². The molecule has 0 saturated carbocycles. The van der Waals surface area contributed by atoms with Gasteiger partial charge in [-0.05, 0) is 273 Å². The number of aryl methyl sites for hydroxylation is 3. The molecule has 17 heterocycles.